The maximum Gasteiger partial charge on any atom is 0.0788 e. The third kappa shape index (κ3) is 2.48. The first-order valence-electron chi connectivity index (χ1n) is 8.41. The van der Waals surface area contributed by atoms with Crippen molar-refractivity contribution in [2.75, 3.05) is 0 Å². The normalized spacial score (nSPS) is 10.9. The largest absolute Gasteiger partial charge is 0.247 e. The van der Waals surface area contributed by atoms with Gasteiger partial charge in [-0.15, -0.1) is 0 Å². The molecule has 0 amide bonds. The standard InChI is InChI=1S/C23H19N/c1-2-19-20-15-9-10-16-21(20)23(18-13-7-4-8-14-18)24-22(19)17-11-5-3-6-12-17/h3-16H,2H2,1H3. The zero-order valence-corrected chi connectivity index (χ0v) is 13.7. The van der Waals surface area contributed by atoms with Crippen LogP contribution in [0.4, 0.5) is 0 Å². The van der Waals surface area contributed by atoms with Gasteiger partial charge in [-0.1, -0.05) is 91.9 Å². The van der Waals surface area contributed by atoms with Crippen LogP contribution in [0.15, 0.2) is 84.9 Å². The predicted molar refractivity (Wildman–Crippen MR) is 102 cm³/mol. The minimum Gasteiger partial charge on any atom is -0.247 e. The maximum atomic E-state index is 5.11. The Kier molecular flexibility index (Phi) is 3.84. The highest BCUT2D eigenvalue weighted by atomic mass is 14.7. The molecule has 24 heavy (non-hydrogen) atoms. The summed E-state index contributed by atoms with van der Waals surface area (Å²) >= 11 is 0. The van der Waals surface area contributed by atoms with Gasteiger partial charge >= 0.3 is 0 Å². The molecule has 116 valence electrons. The van der Waals surface area contributed by atoms with Crippen LogP contribution in [0.3, 0.4) is 0 Å². The minimum atomic E-state index is 0.965. The number of pyridine rings is 1. The molecule has 0 saturated heterocycles. The van der Waals surface area contributed by atoms with E-state index in [2.05, 4.69) is 79.7 Å². The Balaban J connectivity index is 2.10. The lowest BCUT2D eigenvalue weighted by Crippen LogP contribution is -1.97. The van der Waals surface area contributed by atoms with Crippen molar-refractivity contribution in [1.29, 1.82) is 0 Å². The molecule has 1 aromatic heterocycles. The van der Waals surface area contributed by atoms with Crippen LogP contribution < -0.4 is 0 Å². The Labute approximate surface area is 142 Å². The smallest absolute Gasteiger partial charge is 0.0788 e. The van der Waals surface area contributed by atoms with Crippen molar-refractivity contribution in [2.45, 2.75) is 13.3 Å². The van der Waals surface area contributed by atoms with Gasteiger partial charge in [0.05, 0.1) is 11.4 Å². The second kappa shape index (κ2) is 6.29. The van der Waals surface area contributed by atoms with Crippen LogP contribution in [-0.4, -0.2) is 4.98 Å². The van der Waals surface area contributed by atoms with Gasteiger partial charge in [-0.05, 0) is 17.4 Å². The van der Waals surface area contributed by atoms with Gasteiger partial charge in [-0.25, -0.2) is 4.98 Å². The van der Waals surface area contributed by atoms with Gasteiger partial charge in [-0.2, -0.15) is 0 Å². The molecular weight excluding hydrogens is 290 g/mol. The molecule has 0 spiro atoms. The third-order valence-electron chi connectivity index (χ3n) is 4.46. The van der Waals surface area contributed by atoms with Crippen LogP contribution in [0.25, 0.3) is 33.3 Å². The average molecular weight is 309 g/mol. The van der Waals surface area contributed by atoms with Crippen molar-refractivity contribution in [3.8, 4) is 22.5 Å². The van der Waals surface area contributed by atoms with E-state index in [9.17, 15) is 0 Å². The van der Waals surface area contributed by atoms with E-state index in [-0.39, 0.29) is 0 Å². The summed E-state index contributed by atoms with van der Waals surface area (Å²) in [5.74, 6) is 0. The molecule has 0 atom stereocenters. The number of aromatic nitrogens is 1. The molecule has 0 N–H and O–H groups in total. The highest BCUT2D eigenvalue weighted by Crippen LogP contribution is 2.35. The van der Waals surface area contributed by atoms with E-state index in [1.165, 1.54) is 21.9 Å². The molecule has 0 unspecified atom stereocenters. The molecular formula is C23H19N. The first-order chi connectivity index (χ1) is 11.9. The molecule has 3 aromatic carbocycles. The van der Waals surface area contributed by atoms with Gasteiger partial charge in [0, 0.05) is 16.5 Å². The lowest BCUT2D eigenvalue weighted by atomic mass is 9.94. The van der Waals surface area contributed by atoms with Gasteiger partial charge in [0.25, 0.3) is 0 Å². The van der Waals surface area contributed by atoms with Crippen molar-refractivity contribution in [1.82, 2.24) is 4.98 Å². The van der Waals surface area contributed by atoms with Crippen molar-refractivity contribution in [2.24, 2.45) is 0 Å². The Morgan fingerprint density at radius 3 is 1.67 bits per heavy atom. The number of hydrogen-bond acceptors (Lipinski definition) is 1. The summed E-state index contributed by atoms with van der Waals surface area (Å²) in [5.41, 5.74) is 5.81. The highest BCUT2D eigenvalue weighted by Gasteiger charge is 2.14. The van der Waals surface area contributed by atoms with Crippen molar-refractivity contribution in [3.05, 3.63) is 90.5 Å². The van der Waals surface area contributed by atoms with E-state index < -0.39 is 0 Å². The topological polar surface area (TPSA) is 12.9 Å². The molecule has 0 radical (unpaired) electrons. The number of nitrogens with zero attached hydrogens (tertiary/aromatic N) is 1. The second-order valence-corrected chi connectivity index (χ2v) is 5.92. The molecule has 1 heteroatoms. The molecule has 4 rings (SSSR count). The monoisotopic (exact) mass is 309 g/mol. The molecule has 1 nitrogen and oxygen atoms in total. The average Bonchev–Trinajstić information content (AvgIpc) is 2.68. The van der Waals surface area contributed by atoms with Crippen LogP contribution in [0.2, 0.25) is 0 Å². The van der Waals surface area contributed by atoms with Crippen molar-refractivity contribution in [3.63, 3.8) is 0 Å². The SMILES string of the molecule is CCc1c(-c2ccccc2)nc(-c2ccccc2)c2ccccc12. The first-order valence-corrected chi connectivity index (χ1v) is 8.41. The van der Waals surface area contributed by atoms with Gasteiger partial charge in [0.1, 0.15) is 0 Å². The first kappa shape index (κ1) is 14.6. The molecule has 0 bridgehead atoms. The van der Waals surface area contributed by atoms with E-state index in [1.54, 1.807) is 0 Å². The van der Waals surface area contributed by atoms with Crippen molar-refractivity contribution >= 4 is 10.8 Å². The molecule has 0 aliphatic rings. The molecule has 4 aromatic rings. The summed E-state index contributed by atoms with van der Waals surface area (Å²) in [4.78, 5) is 5.11. The molecule has 0 aliphatic heterocycles. The van der Waals surface area contributed by atoms with Crippen LogP contribution in [0.1, 0.15) is 12.5 Å². The predicted octanol–water partition coefficient (Wildman–Crippen LogP) is 6.13. The second-order valence-electron chi connectivity index (χ2n) is 5.92. The maximum absolute atomic E-state index is 5.11. The van der Waals surface area contributed by atoms with Gasteiger partial charge in [0.15, 0.2) is 0 Å². The van der Waals surface area contributed by atoms with Gasteiger partial charge in [-0.3, -0.25) is 0 Å². The zero-order valence-electron chi connectivity index (χ0n) is 13.7. The third-order valence-corrected chi connectivity index (χ3v) is 4.46. The summed E-state index contributed by atoms with van der Waals surface area (Å²) < 4.78 is 0. The fourth-order valence-electron chi connectivity index (χ4n) is 3.33. The number of aryl methyl sites for hydroxylation is 1. The van der Waals surface area contributed by atoms with E-state index >= 15 is 0 Å². The van der Waals surface area contributed by atoms with E-state index in [1.807, 2.05) is 12.1 Å². The van der Waals surface area contributed by atoms with Crippen LogP contribution in [0.5, 0.6) is 0 Å². The van der Waals surface area contributed by atoms with Crippen LogP contribution >= 0.6 is 0 Å². The van der Waals surface area contributed by atoms with Gasteiger partial charge < -0.3 is 0 Å². The quantitative estimate of drug-likeness (QED) is 0.443. The van der Waals surface area contributed by atoms with E-state index in [4.69, 9.17) is 4.98 Å². The summed E-state index contributed by atoms with van der Waals surface area (Å²) in [6.07, 6.45) is 0.965. The number of hydrogen-bond donors (Lipinski definition) is 0. The fraction of sp³-hybridized carbons (Fsp3) is 0.0870. The Morgan fingerprint density at radius 1 is 0.583 bits per heavy atom. The lowest BCUT2D eigenvalue weighted by Gasteiger charge is -2.15. The number of fused-ring (bicyclic) bond motifs is 1. The Bertz CT molecular complexity index is 973. The summed E-state index contributed by atoms with van der Waals surface area (Å²) in [6, 6.07) is 29.6. The Hall–Kier alpha value is -2.93. The summed E-state index contributed by atoms with van der Waals surface area (Å²) in [5, 5.41) is 2.52. The molecule has 0 fully saturated rings. The fourth-order valence-corrected chi connectivity index (χ4v) is 3.33. The number of benzene rings is 3. The van der Waals surface area contributed by atoms with Gasteiger partial charge in [0.2, 0.25) is 0 Å². The van der Waals surface area contributed by atoms with Crippen LogP contribution in [0, 0.1) is 0 Å². The summed E-state index contributed by atoms with van der Waals surface area (Å²) in [6.45, 7) is 2.21. The Morgan fingerprint density at radius 2 is 1.08 bits per heavy atom. The van der Waals surface area contributed by atoms with E-state index in [0.29, 0.717) is 0 Å². The van der Waals surface area contributed by atoms with E-state index in [0.717, 1.165) is 23.4 Å². The van der Waals surface area contributed by atoms with Crippen molar-refractivity contribution < 1.29 is 0 Å². The number of rotatable bonds is 3. The lowest BCUT2D eigenvalue weighted by molar-refractivity contribution is 1.13. The summed E-state index contributed by atoms with van der Waals surface area (Å²) in [7, 11) is 0. The molecule has 0 saturated carbocycles. The highest BCUT2D eigenvalue weighted by molar-refractivity contribution is 5.99. The molecule has 1 heterocycles. The molecule has 0 aliphatic carbocycles. The zero-order chi connectivity index (χ0) is 16.4. The van der Waals surface area contributed by atoms with Crippen LogP contribution in [-0.2, 0) is 6.42 Å². The minimum absolute atomic E-state index is 0.965.